The SMILES string of the molecule is CC[C@@H](C(=O)NC(C)(C)C)N(Cc1ccccc1C)C(=O)CN(c1cccc(Cl)c1)S(=O)(=O)c1ccccc1. The van der Waals surface area contributed by atoms with Crippen LogP contribution in [-0.4, -0.2) is 43.3 Å². The van der Waals surface area contributed by atoms with Gasteiger partial charge >= 0.3 is 0 Å². The maximum absolute atomic E-state index is 14.1. The van der Waals surface area contributed by atoms with Crippen LogP contribution >= 0.6 is 11.6 Å². The van der Waals surface area contributed by atoms with E-state index in [2.05, 4.69) is 5.32 Å². The third-order valence-corrected chi connectivity index (χ3v) is 8.22. The summed E-state index contributed by atoms with van der Waals surface area (Å²) in [5, 5.41) is 3.31. The van der Waals surface area contributed by atoms with Crippen LogP contribution in [0.25, 0.3) is 0 Å². The lowest BCUT2D eigenvalue weighted by molar-refractivity contribution is -0.141. The van der Waals surface area contributed by atoms with Gasteiger partial charge < -0.3 is 10.2 Å². The van der Waals surface area contributed by atoms with Gasteiger partial charge in [-0.25, -0.2) is 8.42 Å². The zero-order valence-corrected chi connectivity index (χ0v) is 24.6. The van der Waals surface area contributed by atoms with Crippen LogP contribution in [0.5, 0.6) is 0 Å². The normalized spacial score (nSPS) is 12.5. The molecule has 7 nitrogen and oxygen atoms in total. The predicted octanol–water partition coefficient (Wildman–Crippen LogP) is 5.57. The molecule has 9 heteroatoms. The van der Waals surface area contributed by atoms with Gasteiger partial charge in [-0.1, -0.05) is 67.1 Å². The minimum Gasteiger partial charge on any atom is -0.350 e. The van der Waals surface area contributed by atoms with Crippen molar-refractivity contribution >= 4 is 39.1 Å². The molecule has 1 N–H and O–H groups in total. The average molecular weight is 570 g/mol. The van der Waals surface area contributed by atoms with Crippen molar-refractivity contribution in [3.8, 4) is 0 Å². The number of aryl methyl sites for hydroxylation is 1. The van der Waals surface area contributed by atoms with E-state index in [-0.39, 0.29) is 23.0 Å². The maximum atomic E-state index is 14.1. The molecule has 0 spiro atoms. The first-order valence-corrected chi connectivity index (χ1v) is 14.6. The van der Waals surface area contributed by atoms with E-state index in [9.17, 15) is 18.0 Å². The second-order valence-corrected chi connectivity index (χ2v) is 12.7. The standard InChI is InChI=1S/C30H36ClN3O4S/c1-6-27(29(36)32-30(3,4)5)33(20-23-14-11-10-13-22(23)2)28(35)21-34(25-16-12-15-24(31)19-25)39(37,38)26-17-8-7-9-18-26/h7-19,27H,6,20-21H2,1-5H3,(H,32,36)/t27-/m0/s1. The fraction of sp³-hybridized carbons (Fsp3) is 0.333. The highest BCUT2D eigenvalue weighted by Gasteiger charge is 2.34. The molecule has 0 aliphatic carbocycles. The van der Waals surface area contributed by atoms with Gasteiger partial charge in [0.25, 0.3) is 10.0 Å². The molecule has 3 aromatic rings. The molecule has 3 rings (SSSR count). The van der Waals surface area contributed by atoms with Gasteiger partial charge in [0, 0.05) is 17.1 Å². The van der Waals surface area contributed by atoms with Gasteiger partial charge in [0.15, 0.2) is 0 Å². The minimum atomic E-state index is -4.14. The highest BCUT2D eigenvalue weighted by molar-refractivity contribution is 7.92. The molecule has 3 aromatic carbocycles. The number of anilines is 1. The van der Waals surface area contributed by atoms with Crippen LogP contribution in [0.2, 0.25) is 5.02 Å². The molecule has 2 amide bonds. The van der Waals surface area contributed by atoms with Gasteiger partial charge in [-0.2, -0.15) is 0 Å². The molecule has 0 unspecified atom stereocenters. The summed E-state index contributed by atoms with van der Waals surface area (Å²) in [7, 11) is -4.14. The van der Waals surface area contributed by atoms with E-state index in [4.69, 9.17) is 11.6 Å². The molecule has 0 aromatic heterocycles. The molecule has 0 heterocycles. The largest absolute Gasteiger partial charge is 0.350 e. The Labute approximate surface area is 236 Å². The molecule has 0 fully saturated rings. The number of carbonyl (C=O) groups is 2. The number of rotatable bonds is 10. The molecule has 0 bridgehead atoms. The monoisotopic (exact) mass is 569 g/mol. The van der Waals surface area contributed by atoms with Crippen molar-refractivity contribution in [2.45, 2.75) is 64.1 Å². The highest BCUT2D eigenvalue weighted by Crippen LogP contribution is 2.27. The first-order chi connectivity index (χ1) is 18.3. The third kappa shape index (κ3) is 7.83. The molecular formula is C30H36ClN3O4S. The molecule has 1 atom stereocenters. The molecule has 208 valence electrons. The zero-order chi connectivity index (χ0) is 28.8. The van der Waals surface area contributed by atoms with Crippen LogP contribution in [0.4, 0.5) is 5.69 Å². The number of hydrogen-bond acceptors (Lipinski definition) is 4. The van der Waals surface area contributed by atoms with Crippen molar-refractivity contribution in [2.24, 2.45) is 0 Å². The molecule has 0 saturated heterocycles. The topological polar surface area (TPSA) is 86.8 Å². The Hall–Kier alpha value is -3.36. The number of nitrogens with one attached hydrogen (secondary N) is 1. The Balaban J connectivity index is 2.08. The number of carbonyl (C=O) groups excluding carboxylic acids is 2. The fourth-order valence-corrected chi connectivity index (χ4v) is 5.83. The quantitative estimate of drug-likeness (QED) is 0.346. The molecule has 0 aliphatic rings. The number of sulfonamides is 1. The Morgan fingerprint density at radius 1 is 0.949 bits per heavy atom. The van der Waals surface area contributed by atoms with E-state index in [1.807, 2.05) is 58.9 Å². The van der Waals surface area contributed by atoms with Gasteiger partial charge in [-0.3, -0.25) is 13.9 Å². The maximum Gasteiger partial charge on any atom is 0.264 e. The van der Waals surface area contributed by atoms with E-state index in [0.717, 1.165) is 15.4 Å². The Morgan fingerprint density at radius 3 is 2.18 bits per heavy atom. The van der Waals surface area contributed by atoms with Crippen molar-refractivity contribution in [1.82, 2.24) is 10.2 Å². The number of benzene rings is 3. The van der Waals surface area contributed by atoms with Crippen molar-refractivity contribution in [3.63, 3.8) is 0 Å². The number of halogens is 1. The molecule has 0 radical (unpaired) electrons. The van der Waals surface area contributed by atoms with Crippen molar-refractivity contribution in [1.29, 1.82) is 0 Å². The summed E-state index contributed by atoms with van der Waals surface area (Å²) in [4.78, 5) is 29.0. The third-order valence-electron chi connectivity index (χ3n) is 6.19. The second-order valence-electron chi connectivity index (χ2n) is 10.4. The summed E-state index contributed by atoms with van der Waals surface area (Å²) in [6.07, 6.45) is 0.349. The van der Waals surface area contributed by atoms with Crippen molar-refractivity contribution in [2.75, 3.05) is 10.8 Å². The van der Waals surface area contributed by atoms with Gasteiger partial charge in [-0.05, 0) is 75.6 Å². The molecule has 0 aliphatic heterocycles. The van der Waals surface area contributed by atoms with Gasteiger partial charge in [-0.15, -0.1) is 0 Å². The fourth-order valence-electron chi connectivity index (χ4n) is 4.22. The summed E-state index contributed by atoms with van der Waals surface area (Å²) in [6, 6.07) is 21.1. The summed E-state index contributed by atoms with van der Waals surface area (Å²) in [5.41, 5.74) is 1.58. The summed E-state index contributed by atoms with van der Waals surface area (Å²) in [5.74, 6) is -0.805. The van der Waals surface area contributed by atoms with E-state index >= 15 is 0 Å². The lowest BCUT2D eigenvalue weighted by atomic mass is 10.0. The summed E-state index contributed by atoms with van der Waals surface area (Å²) in [6.45, 7) is 9.03. The lowest BCUT2D eigenvalue weighted by Crippen LogP contribution is -2.55. The van der Waals surface area contributed by atoms with Crippen LogP contribution in [0.3, 0.4) is 0 Å². The van der Waals surface area contributed by atoms with Crippen LogP contribution in [0, 0.1) is 6.92 Å². The Kier molecular flexibility index (Phi) is 9.80. The van der Waals surface area contributed by atoms with Crippen LogP contribution in [-0.2, 0) is 26.2 Å². The smallest absolute Gasteiger partial charge is 0.264 e. The second kappa shape index (κ2) is 12.7. The number of amides is 2. The highest BCUT2D eigenvalue weighted by atomic mass is 35.5. The number of hydrogen-bond donors (Lipinski definition) is 1. The van der Waals surface area contributed by atoms with E-state index in [1.54, 1.807) is 36.4 Å². The van der Waals surface area contributed by atoms with Gasteiger partial charge in [0.1, 0.15) is 12.6 Å². The van der Waals surface area contributed by atoms with E-state index < -0.39 is 34.1 Å². The van der Waals surface area contributed by atoms with Gasteiger partial charge in [0.05, 0.1) is 10.6 Å². The van der Waals surface area contributed by atoms with Gasteiger partial charge in [0.2, 0.25) is 11.8 Å². The molecule has 39 heavy (non-hydrogen) atoms. The van der Waals surface area contributed by atoms with Crippen LogP contribution in [0.1, 0.15) is 45.2 Å². The first-order valence-electron chi connectivity index (χ1n) is 12.8. The zero-order valence-electron chi connectivity index (χ0n) is 23.0. The first kappa shape index (κ1) is 30.2. The molecular weight excluding hydrogens is 534 g/mol. The van der Waals surface area contributed by atoms with Crippen LogP contribution in [0.15, 0.2) is 83.8 Å². The van der Waals surface area contributed by atoms with Crippen molar-refractivity contribution in [3.05, 3.63) is 95.0 Å². The Bertz CT molecular complexity index is 1400. The lowest BCUT2D eigenvalue weighted by Gasteiger charge is -2.35. The van der Waals surface area contributed by atoms with E-state index in [1.165, 1.54) is 23.1 Å². The Morgan fingerprint density at radius 2 is 1.59 bits per heavy atom. The predicted molar refractivity (Wildman–Crippen MR) is 156 cm³/mol. The summed E-state index contributed by atoms with van der Waals surface area (Å²) < 4.78 is 28.7. The van der Waals surface area contributed by atoms with Crippen molar-refractivity contribution < 1.29 is 18.0 Å². The number of nitrogens with zero attached hydrogens (tertiary/aromatic N) is 2. The van der Waals surface area contributed by atoms with Crippen LogP contribution < -0.4 is 9.62 Å². The average Bonchev–Trinajstić information content (AvgIpc) is 2.87. The minimum absolute atomic E-state index is 0.0424. The van der Waals surface area contributed by atoms with E-state index in [0.29, 0.717) is 11.4 Å². The molecule has 0 saturated carbocycles. The summed E-state index contributed by atoms with van der Waals surface area (Å²) >= 11 is 6.22.